The summed E-state index contributed by atoms with van der Waals surface area (Å²) in [6, 6.07) is 8.85. The molecule has 1 aromatic carbocycles. The van der Waals surface area contributed by atoms with Crippen LogP contribution in [0.1, 0.15) is 10.4 Å². The van der Waals surface area contributed by atoms with Crippen LogP contribution in [0.2, 0.25) is 5.02 Å². The fourth-order valence-corrected chi connectivity index (χ4v) is 2.04. The number of pyridine rings is 1. The highest BCUT2D eigenvalue weighted by Gasteiger charge is 2.13. The Labute approximate surface area is 125 Å². The van der Waals surface area contributed by atoms with Crippen molar-refractivity contribution in [2.75, 3.05) is 5.32 Å². The van der Waals surface area contributed by atoms with Crippen molar-refractivity contribution in [3.05, 3.63) is 66.0 Å². The number of hydrogen-bond donors (Lipinski definition) is 1. The molecule has 0 aliphatic carbocycles. The van der Waals surface area contributed by atoms with Crippen LogP contribution in [0.15, 0.2) is 55.4 Å². The molecule has 0 atom stereocenters. The maximum absolute atomic E-state index is 12.3. The zero-order chi connectivity index (χ0) is 14.7. The summed E-state index contributed by atoms with van der Waals surface area (Å²) in [4.78, 5) is 20.1. The quantitative estimate of drug-likeness (QED) is 0.806. The predicted molar refractivity (Wildman–Crippen MR) is 78.6 cm³/mol. The van der Waals surface area contributed by atoms with Crippen molar-refractivity contribution in [2.45, 2.75) is 0 Å². The van der Waals surface area contributed by atoms with Crippen molar-refractivity contribution < 1.29 is 4.79 Å². The van der Waals surface area contributed by atoms with Gasteiger partial charge in [-0.2, -0.15) is 5.10 Å². The fourth-order valence-electron chi connectivity index (χ4n) is 1.85. The molecule has 0 aliphatic rings. The Morgan fingerprint density at radius 2 is 2.05 bits per heavy atom. The largest absolute Gasteiger partial charge is 0.320 e. The van der Waals surface area contributed by atoms with Crippen molar-refractivity contribution in [2.24, 2.45) is 0 Å². The average molecular weight is 300 g/mol. The minimum Gasteiger partial charge on any atom is -0.320 e. The number of rotatable bonds is 3. The maximum Gasteiger partial charge on any atom is 0.258 e. The van der Waals surface area contributed by atoms with Gasteiger partial charge < -0.3 is 5.32 Å². The number of aromatic nitrogens is 4. The second-order valence-electron chi connectivity index (χ2n) is 4.17. The molecule has 1 N–H and O–H groups in total. The Morgan fingerprint density at radius 1 is 1.19 bits per heavy atom. The number of para-hydroxylation sites is 2. The third-order valence-corrected chi connectivity index (χ3v) is 3.16. The van der Waals surface area contributed by atoms with Crippen LogP contribution < -0.4 is 5.32 Å². The summed E-state index contributed by atoms with van der Waals surface area (Å²) >= 11 is 6.00. The Balaban J connectivity index is 1.93. The van der Waals surface area contributed by atoms with Crippen LogP contribution in [0.25, 0.3) is 5.69 Å². The first-order valence-corrected chi connectivity index (χ1v) is 6.48. The van der Waals surface area contributed by atoms with Crippen LogP contribution in [0, 0.1) is 0 Å². The minimum atomic E-state index is -0.333. The topological polar surface area (TPSA) is 72.7 Å². The molecule has 0 fully saturated rings. The van der Waals surface area contributed by atoms with Crippen LogP contribution in [0.4, 0.5) is 5.69 Å². The number of benzene rings is 1. The van der Waals surface area contributed by atoms with Crippen LogP contribution in [0.5, 0.6) is 0 Å². The summed E-state index contributed by atoms with van der Waals surface area (Å²) in [6.07, 6.45) is 5.94. The highest BCUT2D eigenvalue weighted by molar-refractivity contribution is 6.34. The first-order chi connectivity index (χ1) is 10.3. The van der Waals surface area contributed by atoms with Gasteiger partial charge in [-0.15, -0.1) is 0 Å². The SMILES string of the molecule is O=C(Nc1ccccc1-n1cncn1)c1cnccc1Cl. The van der Waals surface area contributed by atoms with Crippen molar-refractivity contribution in [1.29, 1.82) is 0 Å². The summed E-state index contributed by atoms with van der Waals surface area (Å²) in [6.45, 7) is 0. The molecule has 2 aromatic heterocycles. The molecule has 7 heteroatoms. The van der Waals surface area contributed by atoms with Gasteiger partial charge in [0.2, 0.25) is 0 Å². The molecule has 3 rings (SSSR count). The standard InChI is InChI=1S/C14H10ClN5O/c15-11-5-6-16-7-10(11)14(21)19-12-3-1-2-4-13(12)20-9-17-8-18-20/h1-9H,(H,19,21). The van der Waals surface area contributed by atoms with Crippen molar-refractivity contribution in [1.82, 2.24) is 19.7 Å². The lowest BCUT2D eigenvalue weighted by atomic mass is 10.2. The number of nitrogens with zero attached hydrogens (tertiary/aromatic N) is 4. The fraction of sp³-hybridized carbons (Fsp3) is 0. The van der Waals surface area contributed by atoms with Crippen molar-refractivity contribution in [3.63, 3.8) is 0 Å². The van der Waals surface area contributed by atoms with Gasteiger partial charge in [0, 0.05) is 12.4 Å². The van der Waals surface area contributed by atoms with E-state index in [4.69, 9.17) is 11.6 Å². The zero-order valence-corrected chi connectivity index (χ0v) is 11.5. The molecule has 0 radical (unpaired) electrons. The van der Waals surface area contributed by atoms with Gasteiger partial charge in [0.25, 0.3) is 5.91 Å². The molecular formula is C14H10ClN5O. The summed E-state index contributed by atoms with van der Waals surface area (Å²) < 4.78 is 1.57. The molecule has 0 aliphatic heterocycles. The average Bonchev–Trinajstić information content (AvgIpc) is 3.02. The third kappa shape index (κ3) is 2.75. The van der Waals surface area contributed by atoms with Gasteiger partial charge >= 0.3 is 0 Å². The smallest absolute Gasteiger partial charge is 0.258 e. The molecule has 104 valence electrons. The van der Waals surface area contributed by atoms with Gasteiger partial charge in [-0.25, -0.2) is 9.67 Å². The number of nitrogens with one attached hydrogen (secondary N) is 1. The summed E-state index contributed by atoms with van der Waals surface area (Å²) in [5.41, 5.74) is 1.63. The van der Waals surface area contributed by atoms with Gasteiger partial charge in [-0.3, -0.25) is 9.78 Å². The minimum absolute atomic E-state index is 0.313. The lowest BCUT2D eigenvalue weighted by molar-refractivity contribution is 0.102. The molecule has 3 aromatic rings. The van der Waals surface area contributed by atoms with Crippen LogP contribution in [-0.4, -0.2) is 25.7 Å². The van der Waals surface area contributed by atoms with Crippen LogP contribution in [0.3, 0.4) is 0 Å². The Bertz CT molecular complexity index is 773. The van der Waals surface area contributed by atoms with E-state index in [-0.39, 0.29) is 5.91 Å². The molecule has 0 spiro atoms. The lowest BCUT2D eigenvalue weighted by Gasteiger charge is -2.11. The van der Waals surface area contributed by atoms with Gasteiger partial charge in [0.05, 0.1) is 22.0 Å². The molecular weight excluding hydrogens is 290 g/mol. The maximum atomic E-state index is 12.3. The first kappa shape index (κ1) is 13.3. The number of halogens is 1. The normalized spacial score (nSPS) is 10.3. The number of carbonyl (C=O) groups is 1. The van der Waals surface area contributed by atoms with Crippen LogP contribution in [-0.2, 0) is 0 Å². The number of anilines is 1. The van der Waals surface area contributed by atoms with E-state index in [2.05, 4.69) is 20.4 Å². The molecule has 1 amide bonds. The summed E-state index contributed by atoms with van der Waals surface area (Å²) in [5.74, 6) is -0.333. The van der Waals surface area contributed by atoms with E-state index in [1.54, 1.807) is 23.1 Å². The Morgan fingerprint density at radius 3 is 2.81 bits per heavy atom. The second kappa shape index (κ2) is 5.72. The predicted octanol–water partition coefficient (Wildman–Crippen LogP) is 2.57. The molecule has 0 saturated heterocycles. The molecule has 6 nitrogen and oxygen atoms in total. The Hall–Kier alpha value is -2.73. The van der Waals surface area contributed by atoms with E-state index in [1.807, 2.05) is 18.2 Å². The van der Waals surface area contributed by atoms with E-state index < -0.39 is 0 Å². The highest BCUT2D eigenvalue weighted by atomic mass is 35.5. The lowest BCUT2D eigenvalue weighted by Crippen LogP contribution is -2.14. The van der Waals surface area contributed by atoms with E-state index >= 15 is 0 Å². The van der Waals surface area contributed by atoms with Crippen molar-refractivity contribution in [3.8, 4) is 5.69 Å². The van der Waals surface area contributed by atoms with Gasteiger partial charge in [0.15, 0.2) is 0 Å². The molecule has 0 bridgehead atoms. The zero-order valence-electron chi connectivity index (χ0n) is 10.8. The first-order valence-electron chi connectivity index (χ1n) is 6.10. The highest BCUT2D eigenvalue weighted by Crippen LogP contribution is 2.21. The van der Waals surface area contributed by atoms with Crippen LogP contribution >= 0.6 is 11.6 Å². The summed E-state index contributed by atoms with van der Waals surface area (Å²) in [7, 11) is 0. The van der Waals surface area contributed by atoms with E-state index in [0.29, 0.717) is 22.0 Å². The monoisotopic (exact) mass is 299 g/mol. The Kier molecular flexibility index (Phi) is 3.61. The summed E-state index contributed by atoms with van der Waals surface area (Å²) in [5, 5.41) is 7.21. The number of amides is 1. The van der Waals surface area contributed by atoms with Gasteiger partial charge in [-0.05, 0) is 18.2 Å². The van der Waals surface area contributed by atoms with E-state index in [9.17, 15) is 4.79 Å². The van der Waals surface area contributed by atoms with E-state index in [1.165, 1.54) is 18.7 Å². The van der Waals surface area contributed by atoms with E-state index in [0.717, 1.165) is 0 Å². The number of hydrogen-bond acceptors (Lipinski definition) is 4. The molecule has 0 saturated carbocycles. The number of carbonyl (C=O) groups excluding carboxylic acids is 1. The van der Waals surface area contributed by atoms with Gasteiger partial charge in [-0.1, -0.05) is 23.7 Å². The van der Waals surface area contributed by atoms with Gasteiger partial charge in [0.1, 0.15) is 12.7 Å². The second-order valence-corrected chi connectivity index (χ2v) is 4.57. The molecule has 21 heavy (non-hydrogen) atoms. The molecule has 0 unspecified atom stereocenters. The molecule has 2 heterocycles. The third-order valence-electron chi connectivity index (χ3n) is 2.83. The van der Waals surface area contributed by atoms with Crippen molar-refractivity contribution >= 4 is 23.2 Å².